The van der Waals surface area contributed by atoms with Gasteiger partial charge in [-0.1, -0.05) is 17.4 Å². The minimum Gasteiger partial charge on any atom is -0.356 e. The fourth-order valence-electron chi connectivity index (χ4n) is 3.84. The van der Waals surface area contributed by atoms with Gasteiger partial charge >= 0.3 is 0 Å². The van der Waals surface area contributed by atoms with Crippen LogP contribution in [0.3, 0.4) is 0 Å². The quantitative estimate of drug-likeness (QED) is 0.562. The Morgan fingerprint density at radius 3 is 3.00 bits per heavy atom. The van der Waals surface area contributed by atoms with Gasteiger partial charge in [0.05, 0.1) is 5.38 Å². The molecule has 1 saturated carbocycles. The number of hydrogen-bond donors (Lipinski definition) is 3. The summed E-state index contributed by atoms with van der Waals surface area (Å²) in [7, 11) is 0. The fraction of sp³-hybridized carbons (Fsp3) is 0.389. The first-order chi connectivity index (χ1) is 13.3. The number of halogens is 1. The van der Waals surface area contributed by atoms with Crippen LogP contribution < -0.4 is 16.2 Å². The number of thiophene rings is 1. The van der Waals surface area contributed by atoms with Crippen LogP contribution in [-0.4, -0.2) is 39.2 Å². The van der Waals surface area contributed by atoms with Crippen molar-refractivity contribution in [2.75, 3.05) is 11.9 Å². The van der Waals surface area contributed by atoms with E-state index in [4.69, 9.17) is 11.6 Å². The van der Waals surface area contributed by atoms with Crippen molar-refractivity contribution in [2.45, 2.75) is 30.3 Å². The summed E-state index contributed by atoms with van der Waals surface area (Å²) in [6.07, 6.45) is 5.86. The van der Waals surface area contributed by atoms with Crippen LogP contribution in [0.15, 0.2) is 36.0 Å². The summed E-state index contributed by atoms with van der Waals surface area (Å²) in [5.41, 5.74) is 8.64. The van der Waals surface area contributed by atoms with Gasteiger partial charge in [-0.2, -0.15) is 0 Å². The highest BCUT2D eigenvalue weighted by atomic mass is 35.5. The van der Waals surface area contributed by atoms with E-state index in [0.717, 1.165) is 40.7 Å². The molecule has 0 aromatic carbocycles. The normalized spacial score (nSPS) is 27.4. The second kappa shape index (κ2) is 7.44. The van der Waals surface area contributed by atoms with Gasteiger partial charge in [0, 0.05) is 52.9 Å². The zero-order valence-electron chi connectivity index (χ0n) is 14.4. The molecule has 1 saturated heterocycles. The number of nitrogens with one attached hydrogen (secondary N) is 3. The lowest BCUT2D eigenvalue weighted by atomic mass is 9.82. The molecule has 3 aromatic rings. The van der Waals surface area contributed by atoms with Gasteiger partial charge in [-0.05, 0) is 30.4 Å². The van der Waals surface area contributed by atoms with E-state index < -0.39 is 0 Å². The number of alkyl halides is 1. The van der Waals surface area contributed by atoms with Crippen molar-refractivity contribution < 1.29 is 0 Å². The molecule has 140 valence electrons. The van der Waals surface area contributed by atoms with Crippen molar-refractivity contribution in [3.8, 4) is 21.0 Å². The van der Waals surface area contributed by atoms with Crippen molar-refractivity contribution in [3.05, 3.63) is 36.0 Å². The molecule has 5 rings (SSSR count). The van der Waals surface area contributed by atoms with Crippen LogP contribution in [0, 0.1) is 5.92 Å². The second-order valence-corrected chi connectivity index (χ2v) is 9.35. The third-order valence-electron chi connectivity index (χ3n) is 5.25. The Kier molecular flexibility index (Phi) is 4.83. The summed E-state index contributed by atoms with van der Waals surface area (Å²) in [5, 5.41) is 16.1. The van der Waals surface area contributed by atoms with Crippen LogP contribution in [0.2, 0.25) is 0 Å². The molecule has 4 atom stereocenters. The Labute approximate surface area is 170 Å². The zero-order chi connectivity index (χ0) is 18.2. The predicted molar refractivity (Wildman–Crippen MR) is 111 cm³/mol. The fourth-order valence-corrected chi connectivity index (χ4v) is 5.79. The van der Waals surface area contributed by atoms with Crippen LogP contribution in [0.5, 0.6) is 0 Å². The van der Waals surface area contributed by atoms with E-state index in [1.165, 1.54) is 4.88 Å². The average Bonchev–Trinajstić information content (AvgIpc) is 3.46. The summed E-state index contributed by atoms with van der Waals surface area (Å²) in [5.74, 6) is 0.442. The third kappa shape index (κ3) is 3.48. The summed E-state index contributed by atoms with van der Waals surface area (Å²) < 4.78 is 0. The third-order valence-corrected chi connectivity index (χ3v) is 7.70. The topological polar surface area (TPSA) is 74.8 Å². The van der Waals surface area contributed by atoms with E-state index in [2.05, 4.69) is 48.9 Å². The van der Waals surface area contributed by atoms with Crippen molar-refractivity contribution in [3.63, 3.8) is 0 Å². The number of aromatic nitrogens is 3. The molecule has 0 amide bonds. The van der Waals surface area contributed by atoms with Gasteiger partial charge in [-0.3, -0.25) is 15.8 Å². The smallest absolute Gasteiger partial charge is 0.206 e. The molecular formula is C18H19ClN6S2. The van der Waals surface area contributed by atoms with Crippen molar-refractivity contribution in [2.24, 2.45) is 5.92 Å². The SMILES string of the molecule is ClC1C(Nc2nnc(-c3cncc(-c4cccs4)c3)s2)CCC2NNCC21. The highest BCUT2D eigenvalue weighted by Crippen LogP contribution is 2.35. The van der Waals surface area contributed by atoms with Crippen LogP contribution in [-0.2, 0) is 0 Å². The highest BCUT2D eigenvalue weighted by molar-refractivity contribution is 7.18. The van der Waals surface area contributed by atoms with Gasteiger partial charge in [-0.15, -0.1) is 33.1 Å². The van der Waals surface area contributed by atoms with Crippen LogP contribution in [0.1, 0.15) is 12.8 Å². The second-order valence-electron chi connectivity index (χ2n) is 6.92. The zero-order valence-corrected chi connectivity index (χ0v) is 16.8. The minimum absolute atomic E-state index is 0.0717. The van der Waals surface area contributed by atoms with E-state index >= 15 is 0 Å². The lowest BCUT2D eigenvalue weighted by molar-refractivity contribution is 0.320. The van der Waals surface area contributed by atoms with Gasteiger partial charge < -0.3 is 5.32 Å². The standard InChI is InChI=1S/C18H19ClN6S2/c19-16-12-9-21-23-13(12)3-4-14(16)22-18-25-24-17(27-18)11-6-10(7-20-8-11)15-2-1-5-26-15/h1-2,5-8,12-14,16,21,23H,3-4,9H2,(H,22,25). The van der Waals surface area contributed by atoms with Crippen molar-refractivity contribution >= 4 is 39.4 Å². The van der Waals surface area contributed by atoms with Crippen LogP contribution in [0.25, 0.3) is 21.0 Å². The number of nitrogens with zero attached hydrogens (tertiary/aromatic N) is 3. The monoisotopic (exact) mass is 418 g/mol. The Balaban J connectivity index is 1.32. The largest absolute Gasteiger partial charge is 0.356 e. The maximum Gasteiger partial charge on any atom is 0.206 e. The number of rotatable bonds is 4. The van der Waals surface area contributed by atoms with Gasteiger partial charge in [0.15, 0.2) is 5.01 Å². The molecule has 0 radical (unpaired) electrons. The maximum atomic E-state index is 6.74. The lowest BCUT2D eigenvalue weighted by Gasteiger charge is -2.35. The summed E-state index contributed by atoms with van der Waals surface area (Å²) in [6, 6.07) is 6.95. The lowest BCUT2D eigenvalue weighted by Crippen LogP contribution is -2.47. The number of hydrogen-bond acceptors (Lipinski definition) is 8. The van der Waals surface area contributed by atoms with E-state index in [1.54, 1.807) is 22.7 Å². The summed E-state index contributed by atoms with van der Waals surface area (Å²) in [4.78, 5) is 5.58. The number of fused-ring (bicyclic) bond motifs is 1. The molecular weight excluding hydrogens is 400 g/mol. The Bertz CT molecular complexity index is 914. The molecule has 3 aromatic heterocycles. The number of hydrazine groups is 1. The first-order valence-corrected chi connectivity index (χ1v) is 11.1. The van der Waals surface area contributed by atoms with Gasteiger partial charge in [0.2, 0.25) is 5.13 Å². The van der Waals surface area contributed by atoms with Crippen LogP contribution >= 0.6 is 34.3 Å². The van der Waals surface area contributed by atoms with Gasteiger partial charge in [0.25, 0.3) is 0 Å². The predicted octanol–water partition coefficient (Wildman–Crippen LogP) is 3.60. The minimum atomic E-state index is 0.0717. The van der Waals surface area contributed by atoms with Crippen molar-refractivity contribution in [1.29, 1.82) is 0 Å². The Hall–Kier alpha value is -1.58. The summed E-state index contributed by atoms with van der Waals surface area (Å²) >= 11 is 10.00. The molecule has 1 aliphatic heterocycles. The molecule has 2 aliphatic rings. The average molecular weight is 419 g/mol. The van der Waals surface area contributed by atoms with Gasteiger partial charge in [0.1, 0.15) is 0 Å². The molecule has 4 heterocycles. The Morgan fingerprint density at radius 2 is 2.11 bits per heavy atom. The molecule has 3 N–H and O–H groups in total. The molecule has 0 bridgehead atoms. The molecule has 9 heteroatoms. The van der Waals surface area contributed by atoms with Crippen LogP contribution in [0.4, 0.5) is 5.13 Å². The van der Waals surface area contributed by atoms with Crippen molar-refractivity contribution in [1.82, 2.24) is 26.0 Å². The van der Waals surface area contributed by atoms with E-state index in [0.29, 0.717) is 12.0 Å². The number of pyridine rings is 1. The molecule has 2 fully saturated rings. The number of anilines is 1. The summed E-state index contributed by atoms with van der Waals surface area (Å²) in [6.45, 7) is 0.916. The Morgan fingerprint density at radius 1 is 1.19 bits per heavy atom. The molecule has 27 heavy (non-hydrogen) atoms. The maximum absolute atomic E-state index is 6.74. The first kappa shape index (κ1) is 17.5. The molecule has 6 nitrogen and oxygen atoms in total. The first-order valence-electron chi connectivity index (χ1n) is 9.00. The molecule has 0 spiro atoms. The van der Waals surface area contributed by atoms with E-state index in [9.17, 15) is 0 Å². The van der Waals surface area contributed by atoms with Gasteiger partial charge in [-0.25, -0.2) is 0 Å². The highest BCUT2D eigenvalue weighted by Gasteiger charge is 2.41. The van der Waals surface area contributed by atoms with E-state index in [-0.39, 0.29) is 11.4 Å². The molecule has 1 aliphatic carbocycles. The molecule has 4 unspecified atom stereocenters. The van der Waals surface area contributed by atoms with E-state index in [1.807, 2.05) is 18.5 Å².